The van der Waals surface area contributed by atoms with Crippen LogP contribution >= 0.6 is 0 Å². The number of rotatable bonds is 4. The van der Waals surface area contributed by atoms with Crippen molar-refractivity contribution in [2.45, 2.75) is 40.0 Å². The number of pyridine rings is 1. The van der Waals surface area contributed by atoms with Crippen LogP contribution in [0.5, 0.6) is 0 Å². The van der Waals surface area contributed by atoms with Crippen molar-refractivity contribution in [1.82, 2.24) is 4.98 Å². The number of para-hydroxylation sites is 1. The second-order valence-electron chi connectivity index (χ2n) is 9.58. The molecule has 0 radical (unpaired) electrons. The molecule has 0 spiro atoms. The molecule has 0 aliphatic heterocycles. The van der Waals surface area contributed by atoms with Crippen LogP contribution in [0, 0.1) is 28.8 Å². The average Bonchev–Trinajstić information content (AvgIpc) is 2.80. The number of anilines is 1. The highest BCUT2D eigenvalue weighted by Gasteiger charge is 2.33. The second kappa shape index (κ2) is 9.08. The molecule has 1 unspecified atom stereocenters. The number of fused-ring (bicyclic) bond motifs is 2. The summed E-state index contributed by atoms with van der Waals surface area (Å²) >= 11 is 0. The van der Waals surface area contributed by atoms with E-state index in [2.05, 4.69) is 26.1 Å². The molecule has 0 bridgehead atoms. The Bertz CT molecular complexity index is 1280. The molecule has 5 nitrogen and oxygen atoms in total. The number of esters is 1. The number of nitrogens with one attached hydrogen (secondary N) is 1. The van der Waals surface area contributed by atoms with Gasteiger partial charge in [-0.25, -0.2) is 18.0 Å². The number of ether oxygens (including phenoxy) is 1. The number of hydrogen-bond acceptors (Lipinski definition) is 4. The van der Waals surface area contributed by atoms with Gasteiger partial charge in [-0.05, 0) is 54.4 Å². The van der Waals surface area contributed by atoms with Crippen molar-refractivity contribution in [3.63, 3.8) is 0 Å². The van der Waals surface area contributed by atoms with Crippen LogP contribution in [-0.2, 0) is 22.4 Å². The fourth-order valence-electron chi connectivity index (χ4n) is 4.37. The number of hydrogen-bond donors (Lipinski definition) is 1. The van der Waals surface area contributed by atoms with Crippen molar-refractivity contribution in [2.75, 3.05) is 11.9 Å². The van der Waals surface area contributed by atoms with Gasteiger partial charge in [0.1, 0.15) is 0 Å². The maximum absolute atomic E-state index is 13.8. The molecule has 3 aromatic rings. The van der Waals surface area contributed by atoms with Gasteiger partial charge in [-0.15, -0.1) is 0 Å². The standard InChI is InChI=1S/C26H25F3N2O3/c1-26(2,3)14-8-10-19-16(12-14)22(15-6-4-5-7-18(15)30-19)25(33)34-13-21(32)31-20-11-9-17(27)23(28)24(20)29/h4-7,9,11,14H,8,10,12-13H2,1-3H3,(H,31,32). The van der Waals surface area contributed by atoms with Gasteiger partial charge in [-0.2, -0.15) is 0 Å². The molecule has 8 heteroatoms. The topological polar surface area (TPSA) is 68.3 Å². The molecule has 4 rings (SSSR count). The number of nitrogens with zero attached hydrogens (tertiary/aromatic N) is 1. The van der Waals surface area contributed by atoms with Crippen LogP contribution < -0.4 is 5.32 Å². The maximum atomic E-state index is 13.8. The van der Waals surface area contributed by atoms with Crippen molar-refractivity contribution in [3.8, 4) is 0 Å². The molecule has 0 saturated carbocycles. The molecule has 1 aliphatic rings. The Hall–Kier alpha value is -3.42. The zero-order valence-corrected chi connectivity index (χ0v) is 19.2. The molecule has 34 heavy (non-hydrogen) atoms. The second-order valence-corrected chi connectivity index (χ2v) is 9.58. The predicted molar refractivity (Wildman–Crippen MR) is 122 cm³/mol. The van der Waals surface area contributed by atoms with Crippen molar-refractivity contribution in [3.05, 3.63) is 70.7 Å². The van der Waals surface area contributed by atoms with Gasteiger partial charge in [0, 0.05) is 11.1 Å². The zero-order chi connectivity index (χ0) is 24.6. The SMILES string of the molecule is CC(C)(C)C1CCc2nc3ccccc3c(C(=O)OCC(=O)Nc3ccc(F)c(F)c3F)c2C1. The highest BCUT2D eigenvalue weighted by atomic mass is 19.2. The molecule has 1 aliphatic carbocycles. The summed E-state index contributed by atoms with van der Waals surface area (Å²) in [5, 5.41) is 2.73. The third-order valence-corrected chi connectivity index (χ3v) is 6.33. The van der Waals surface area contributed by atoms with Crippen LogP contribution in [0.25, 0.3) is 10.9 Å². The lowest BCUT2D eigenvalue weighted by molar-refractivity contribution is -0.119. The summed E-state index contributed by atoms with van der Waals surface area (Å²) in [4.78, 5) is 30.2. The smallest absolute Gasteiger partial charge is 0.339 e. The Labute approximate surface area is 195 Å². The van der Waals surface area contributed by atoms with Crippen molar-refractivity contribution in [2.24, 2.45) is 11.3 Å². The minimum atomic E-state index is -1.70. The van der Waals surface area contributed by atoms with E-state index in [1.54, 1.807) is 12.1 Å². The lowest BCUT2D eigenvalue weighted by Crippen LogP contribution is -2.29. The molecular formula is C26H25F3N2O3. The van der Waals surface area contributed by atoms with E-state index >= 15 is 0 Å². The van der Waals surface area contributed by atoms with E-state index in [4.69, 9.17) is 9.72 Å². The molecule has 2 aromatic carbocycles. The summed E-state index contributed by atoms with van der Waals surface area (Å²) in [5.74, 6) is -5.82. The molecule has 1 atom stereocenters. The van der Waals surface area contributed by atoms with E-state index in [-0.39, 0.29) is 5.41 Å². The van der Waals surface area contributed by atoms with Crippen molar-refractivity contribution >= 4 is 28.5 Å². The van der Waals surface area contributed by atoms with E-state index in [0.717, 1.165) is 30.2 Å². The molecule has 0 saturated heterocycles. The normalized spacial score (nSPS) is 15.6. The van der Waals surface area contributed by atoms with Gasteiger partial charge in [0.25, 0.3) is 5.91 Å². The summed E-state index contributed by atoms with van der Waals surface area (Å²) in [6, 6.07) is 8.84. The van der Waals surface area contributed by atoms with Gasteiger partial charge in [0.15, 0.2) is 24.1 Å². The first-order chi connectivity index (χ1) is 16.1. The van der Waals surface area contributed by atoms with Crippen molar-refractivity contribution < 1.29 is 27.5 Å². The fourth-order valence-corrected chi connectivity index (χ4v) is 4.37. The van der Waals surface area contributed by atoms with Crippen LogP contribution in [0.15, 0.2) is 36.4 Å². The Morgan fingerprint density at radius 2 is 1.82 bits per heavy atom. The van der Waals surface area contributed by atoms with Gasteiger partial charge >= 0.3 is 5.97 Å². The minimum Gasteiger partial charge on any atom is -0.452 e. The Morgan fingerprint density at radius 3 is 2.56 bits per heavy atom. The van der Waals surface area contributed by atoms with E-state index < -0.39 is 41.6 Å². The summed E-state index contributed by atoms with van der Waals surface area (Å²) in [6.45, 7) is 5.77. The summed E-state index contributed by atoms with van der Waals surface area (Å²) in [6.07, 6.45) is 2.35. The molecule has 1 amide bonds. The highest BCUT2D eigenvalue weighted by molar-refractivity contribution is 6.06. The van der Waals surface area contributed by atoms with E-state index in [9.17, 15) is 22.8 Å². The van der Waals surface area contributed by atoms with Gasteiger partial charge in [0.05, 0.1) is 16.8 Å². The van der Waals surface area contributed by atoms with E-state index in [1.807, 2.05) is 12.1 Å². The number of aromatic nitrogens is 1. The lowest BCUT2D eigenvalue weighted by atomic mass is 9.70. The van der Waals surface area contributed by atoms with Crippen LogP contribution in [0.1, 0.15) is 48.8 Å². The predicted octanol–water partition coefficient (Wildman–Crippen LogP) is 5.60. The molecule has 0 fully saturated rings. The quantitative estimate of drug-likeness (QED) is 0.398. The fraction of sp³-hybridized carbons (Fsp3) is 0.346. The summed E-state index contributed by atoms with van der Waals surface area (Å²) < 4.78 is 45.6. The molecular weight excluding hydrogens is 445 g/mol. The first kappa shape index (κ1) is 23.7. The van der Waals surface area contributed by atoms with Crippen LogP contribution in [0.3, 0.4) is 0 Å². The Balaban J connectivity index is 1.59. The first-order valence-electron chi connectivity index (χ1n) is 11.1. The number of benzene rings is 2. The third-order valence-electron chi connectivity index (χ3n) is 6.33. The Morgan fingerprint density at radius 1 is 1.09 bits per heavy atom. The maximum Gasteiger partial charge on any atom is 0.339 e. The third kappa shape index (κ3) is 4.62. The molecule has 1 heterocycles. The minimum absolute atomic E-state index is 0.0406. The number of amides is 1. The molecule has 1 aromatic heterocycles. The average molecular weight is 470 g/mol. The van der Waals surface area contributed by atoms with E-state index in [0.29, 0.717) is 34.9 Å². The number of aryl methyl sites for hydroxylation is 1. The summed E-state index contributed by atoms with van der Waals surface area (Å²) in [7, 11) is 0. The number of carbonyl (C=O) groups is 2. The van der Waals surface area contributed by atoms with Gasteiger partial charge in [-0.3, -0.25) is 9.78 Å². The Kier molecular flexibility index (Phi) is 6.34. The van der Waals surface area contributed by atoms with Crippen LogP contribution in [0.2, 0.25) is 0 Å². The highest BCUT2D eigenvalue weighted by Crippen LogP contribution is 2.39. The number of halogens is 3. The van der Waals surface area contributed by atoms with Gasteiger partial charge in [-0.1, -0.05) is 39.0 Å². The van der Waals surface area contributed by atoms with Crippen LogP contribution in [0.4, 0.5) is 18.9 Å². The van der Waals surface area contributed by atoms with Gasteiger partial charge in [0.2, 0.25) is 0 Å². The molecule has 178 valence electrons. The first-order valence-corrected chi connectivity index (χ1v) is 11.1. The largest absolute Gasteiger partial charge is 0.452 e. The van der Waals surface area contributed by atoms with E-state index in [1.165, 1.54) is 0 Å². The number of carbonyl (C=O) groups excluding carboxylic acids is 2. The van der Waals surface area contributed by atoms with Crippen molar-refractivity contribution in [1.29, 1.82) is 0 Å². The summed E-state index contributed by atoms with van der Waals surface area (Å²) in [5.41, 5.74) is 2.21. The van der Waals surface area contributed by atoms with Crippen LogP contribution in [-0.4, -0.2) is 23.5 Å². The van der Waals surface area contributed by atoms with Gasteiger partial charge < -0.3 is 10.1 Å². The molecule has 1 N–H and O–H groups in total. The monoisotopic (exact) mass is 470 g/mol. The zero-order valence-electron chi connectivity index (χ0n) is 19.2. The lowest BCUT2D eigenvalue weighted by Gasteiger charge is -2.35.